The zero-order chi connectivity index (χ0) is 14.0. The third-order valence-corrected chi connectivity index (χ3v) is 3.23. The maximum Gasteiger partial charge on any atom is 0.126 e. The van der Waals surface area contributed by atoms with E-state index in [9.17, 15) is 8.78 Å². The Bertz CT molecular complexity index is 585. The molecule has 2 nitrogen and oxygen atoms in total. The summed E-state index contributed by atoms with van der Waals surface area (Å²) in [6.45, 7) is 0. The van der Waals surface area contributed by atoms with Gasteiger partial charge in [-0.2, -0.15) is 0 Å². The third kappa shape index (κ3) is 3.22. The van der Waals surface area contributed by atoms with E-state index in [-0.39, 0.29) is 0 Å². The van der Waals surface area contributed by atoms with Crippen molar-refractivity contribution in [3.05, 3.63) is 69.2 Å². The number of nitrogens with two attached hydrogens (primary N) is 1. The summed E-state index contributed by atoms with van der Waals surface area (Å²) >= 11 is 11.9. The Morgan fingerprint density at radius 2 is 1.63 bits per heavy atom. The van der Waals surface area contributed by atoms with Gasteiger partial charge in [-0.1, -0.05) is 23.2 Å². The number of benzene rings is 2. The van der Waals surface area contributed by atoms with Gasteiger partial charge < -0.3 is 0 Å². The predicted octanol–water partition coefficient (Wildman–Crippen LogP) is 3.82. The molecule has 6 heteroatoms. The van der Waals surface area contributed by atoms with E-state index in [0.29, 0.717) is 21.2 Å². The lowest BCUT2D eigenvalue weighted by atomic mass is 9.99. The standard InChI is InChI=1S/C13H10Cl2F2N2/c14-8-1-2-12(15)11(5-8)13(19-18)7-3-9(16)6-10(17)4-7/h1-6,13,19H,18H2. The van der Waals surface area contributed by atoms with Gasteiger partial charge in [-0.05, 0) is 41.5 Å². The first-order chi connectivity index (χ1) is 9.01. The van der Waals surface area contributed by atoms with Gasteiger partial charge in [-0.3, -0.25) is 5.84 Å². The van der Waals surface area contributed by atoms with Crippen LogP contribution in [0.4, 0.5) is 8.78 Å². The quantitative estimate of drug-likeness (QED) is 0.668. The van der Waals surface area contributed by atoms with E-state index < -0.39 is 17.7 Å². The first-order valence-corrected chi connectivity index (χ1v) is 6.14. The third-order valence-electron chi connectivity index (χ3n) is 2.65. The van der Waals surface area contributed by atoms with Crippen molar-refractivity contribution in [3.8, 4) is 0 Å². The fourth-order valence-electron chi connectivity index (χ4n) is 1.84. The summed E-state index contributed by atoms with van der Waals surface area (Å²) in [6.07, 6.45) is 0. The van der Waals surface area contributed by atoms with Crippen LogP contribution in [0.15, 0.2) is 36.4 Å². The van der Waals surface area contributed by atoms with Crippen LogP contribution in [-0.2, 0) is 0 Å². The first kappa shape index (κ1) is 14.2. The number of halogens is 4. The van der Waals surface area contributed by atoms with Crippen LogP contribution in [-0.4, -0.2) is 0 Å². The Labute approximate surface area is 119 Å². The lowest BCUT2D eigenvalue weighted by Crippen LogP contribution is -2.29. The number of hydrogen-bond donors (Lipinski definition) is 2. The van der Waals surface area contributed by atoms with Crippen molar-refractivity contribution < 1.29 is 8.78 Å². The van der Waals surface area contributed by atoms with Crippen molar-refractivity contribution in [1.29, 1.82) is 0 Å². The molecule has 0 heterocycles. The highest BCUT2D eigenvalue weighted by Gasteiger charge is 2.17. The summed E-state index contributed by atoms with van der Waals surface area (Å²) in [6, 6.07) is 7.31. The molecule has 0 saturated carbocycles. The average Bonchev–Trinajstić information content (AvgIpc) is 2.33. The SMILES string of the molecule is NNC(c1cc(F)cc(F)c1)c1cc(Cl)ccc1Cl. The summed E-state index contributed by atoms with van der Waals surface area (Å²) in [7, 11) is 0. The molecule has 0 fully saturated rings. The molecule has 0 aliphatic rings. The number of hydrazine groups is 1. The molecule has 0 aliphatic carbocycles. The van der Waals surface area contributed by atoms with Crippen LogP contribution in [0.1, 0.15) is 17.2 Å². The molecule has 1 atom stereocenters. The summed E-state index contributed by atoms with van der Waals surface area (Å²) < 4.78 is 26.5. The van der Waals surface area contributed by atoms with Crippen LogP contribution in [0.3, 0.4) is 0 Å². The lowest BCUT2D eigenvalue weighted by molar-refractivity contribution is 0.566. The second kappa shape index (κ2) is 5.84. The minimum absolute atomic E-state index is 0.323. The molecule has 0 spiro atoms. The second-order valence-electron chi connectivity index (χ2n) is 3.97. The molecule has 3 N–H and O–H groups in total. The molecule has 0 aromatic heterocycles. The van der Waals surface area contributed by atoms with Gasteiger partial charge in [0.05, 0.1) is 6.04 Å². The molecular weight excluding hydrogens is 293 g/mol. The largest absolute Gasteiger partial charge is 0.271 e. The monoisotopic (exact) mass is 302 g/mol. The van der Waals surface area contributed by atoms with Crippen molar-refractivity contribution in [1.82, 2.24) is 5.43 Å². The Kier molecular flexibility index (Phi) is 4.37. The van der Waals surface area contributed by atoms with Gasteiger partial charge in [0.25, 0.3) is 0 Å². The fourth-order valence-corrected chi connectivity index (χ4v) is 2.25. The summed E-state index contributed by atoms with van der Waals surface area (Å²) in [4.78, 5) is 0. The maximum atomic E-state index is 13.3. The average molecular weight is 303 g/mol. The summed E-state index contributed by atoms with van der Waals surface area (Å²) in [5.41, 5.74) is 3.35. The van der Waals surface area contributed by atoms with Crippen LogP contribution in [0.25, 0.3) is 0 Å². The van der Waals surface area contributed by atoms with Gasteiger partial charge in [0.1, 0.15) is 11.6 Å². The van der Waals surface area contributed by atoms with E-state index >= 15 is 0 Å². The maximum absolute atomic E-state index is 13.3. The highest BCUT2D eigenvalue weighted by atomic mass is 35.5. The van der Waals surface area contributed by atoms with Crippen LogP contribution < -0.4 is 11.3 Å². The Morgan fingerprint density at radius 3 is 2.21 bits per heavy atom. The molecule has 0 amide bonds. The van der Waals surface area contributed by atoms with E-state index in [2.05, 4.69) is 5.43 Å². The topological polar surface area (TPSA) is 38.0 Å². The van der Waals surface area contributed by atoms with Crippen LogP contribution in [0.2, 0.25) is 10.0 Å². The molecule has 0 bridgehead atoms. The molecule has 100 valence electrons. The van der Waals surface area contributed by atoms with Crippen LogP contribution in [0.5, 0.6) is 0 Å². The molecule has 0 radical (unpaired) electrons. The highest BCUT2D eigenvalue weighted by Crippen LogP contribution is 2.30. The zero-order valence-electron chi connectivity index (χ0n) is 9.63. The number of rotatable bonds is 3. The normalized spacial score (nSPS) is 12.5. The van der Waals surface area contributed by atoms with E-state index in [1.165, 1.54) is 12.1 Å². The number of hydrogen-bond acceptors (Lipinski definition) is 2. The summed E-state index contributed by atoms with van der Waals surface area (Å²) in [5.74, 6) is 4.09. The molecule has 0 saturated heterocycles. The summed E-state index contributed by atoms with van der Waals surface area (Å²) in [5, 5.41) is 0.855. The molecule has 0 aliphatic heterocycles. The van der Waals surface area contributed by atoms with Gasteiger partial charge in [0, 0.05) is 16.1 Å². The van der Waals surface area contributed by atoms with Crippen LogP contribution in [0, 0.1) is 11.6 Å². The highest BCUT2D eigenvalue weighted by molar-refractivity contribution is 6.33. The van der Waals surface area contributed by atoms with Crippen molar-refractivity contribution in [3.63, 3.8) is 0 Å². The van der Waals surface area contributed by atoms with Gasteiger partial charge in [0.15, 0.2) is 0 Å². The van der Waals surface area contributed by atoms with E-state index in [1.807, 2.05) is 0 Å². The van der Waals surface area contributed by atoms with Crippen molar-refractivity contribution in [2.75, 3.05) is 0 Å². The van der Waals surface area contributed by atoms with Gasteiger partial charge in [-0.25, -0.2) is 14.2 Å². The Hall–Kier alpha value is -1.20. The Balaban J connectivity index is 2.52. The minimum Gasteiger partial charge on any atom is -0.271 e. The smallest absolute Gasteiger partial charge is 0.126 e. The number of nitrogens with one attached hydrogen (secondary N) is 1. The van der Waals surface area contributed by atoms with Gasteiger partial charge in [0.2, 0.25) is 0 Å². The van der Waals surface area contributed by atoms with Crippen molar-refractivity contribution >= 4 is 23.2 Å². The molecule has 2 aromatic carbocycles. The van der Waals surface area contributed by atoms with E-state index in [4.69, 9.17) is 29.0 Å². The van der Waals surface area contributed by atoms with Gasteiger partial charge in [-0.15, -0.1) is 0 Å². The predicted molar refractivity (Wildman–Crippen MR) is 72.0 cm³/mol. The van der Waals surface area contributed by atoms with Crippen molar-refractivity contribution in [2.24, 2.45) is 5.84 Å². The zero-order valence-corrected chi connectivity index (χ0v) is 11.1. The van der Waals surface area contributed by atoms with E-state index in [0.717, 1.165) is 6.07 Å². The van der Waals surface area contributed by atoms with Crippen molar-refractivity contribution in [2.45, 2.75) is 6.04 Å². The Morgan fingerprint density at radius 1 is 1.00 bits per heavy atom. The van der Waals surface area contributed by atoms with Crippen LogP contribution >= 0.6 is 23.2 Å². The molecule has 19 heavy (non-hydrogen) atoms. The minimum atomic E-state index is -0.687. The van der Waals surface area contributed by atoms with E-state index in [1.54, 1.807) is 18.2 Å². The molecule has 2 aromatic rings. The van der Waals surface area contributed by atoms with Gasteiger partial charge >= 0.3 is 0 Å². The molecule has 1 unspecified atom stereocenters. The molecule has 2 rings (SSSR count). The fraction of sp³-hybridized carbons (Fsp3) is 0.0769. The first-order valence-electron chi connectivity index (χ1n) is 5.38. The molecular formula is C13H10Cl2F2N2. The second-order valence-corrected chi connectivity index (χ2v) is 4.81. The lowest BCUT2D eigenvalue weighted by Gasteiger charge is -2.18.